The molecule has 0 fully saturated rings. The molecule has 0 aliphatic heterocycles. The van der Waals surface area contributed by atoms with Crippen molar-refractivity contribution in [1.82, 2.24) is 15.0 Å². The van der Waals surface area contributed by atoms with Gasteiger partial charge in [-0.2, -0.15) is 0 Å². The van der Waals surface area contributed by atoms with Crippen molar-refractivity contribution in [2.24, 2.45) is 5.73 Å². The third kappa shape index (κ3) is 3.04. The van der Waals surface area contributed by atoms with Gasteiger partial charge in [-0.1, -0.05) is 30.3 Å². The molecule has 0 bridgehead atoms. The van der Waals surface area contributed by atoms with Gasteiger partial charge in [-0.25, -0.2) is 9.97 Å². The molecule has 0 spiro atoms. The highest BCUT2D eigenvalue weighted by Gasteiger charge is 2.23. The molecule has 5 N–H and O–H groups in total. The van der Waals surface area contributed by atoms with Crippen LogP contribution in [0.25, 0.3) is 22.6 Å². The number of anilines is 1. The number of aromatic amines is 1. The van der Waals surface area contributed by atoms with Gasteiger partial charge in [0.05, 0.1) is 24.1 Å². The molecule has 2 aromatic heterocycles. The number of H-pyrrole nitrogens is 1. The number of nitrogens with one attached hydrogen (secondary N) is 1. The fourth-order valence-corrected chi connectivity index (χ4v) is 3.70. The summed E-state index contributed by atoms with van der Waals surface area (Å²) in [6, 6.07) is 9.55. The van der Waals surface area contributed by atoms with Gasteiger partial charge >= 0.3 is 0 Å². The highest BCUT2D eigenvalue weighted by molar-refractivity contribution is 14.1. The Bertz CT molecular complexity index is 892. The number of primary amides is 1. The Morgan fingerprint density at radius 3 is 2.48 bits per heavy atom. The molecule has 1 amide bonds. The minimum absolute atomic E-state index is 0.174. The summed E-state index contributed by atoms with van der Waals surface area (Å²) < 4.78 is 1.54. The molecule has 23 heavy (non-hydrogen) atoms. The van der Waals surface area contributed by atoms with E-state index in [1.165, 1.54) is 0 Å². The standard InChI is InChI=1S/C15H11I2N5O/c16-8-6-20-15(19)22-12(8)13-10(17)9(14(18)23)11(21-13)7-4-2-1-3-5-7/h1-6,21H,(H2,18,23)(H2,19,20,22). The van der Waals surface area contributed by atoms with Gasteiger partial charge in [0.15, 0.2) is 0 Å². The Hall–Kier alpha value is -1.69. The van der Waals surface area contributed by atoms with Crippen molar-refractivity contribution in [3.05, 3.63) is 49.2 Å². The van der Waals surface area contributed by atoms with Gasteiger partial charge in [0.25, 0.3) is 5.91 Å². The minimum Gasteiger partial charge on any atom is -0.368 e. The molecule has 8 heteroatoms. The number of rotatable bonds is 3. The molecule has 0 aliphatic rings. The van der Waals surface area contributed by atoms with Crippen LogP contribution in [0, 0.1) is 7.14 Å². The number of carbonyl (C=O) groups is 1. The number of carbonyl (C=O) groups excluding carboxylic acids is 1. The van der Waals surface area contributed by atoms with Crippen LogP contribution in [0.2, 0.25) is 0 Å². The van der Waals surface area contributed by atoms with E-state index in [4.69, 9.17) is 11.5 Å². The van der Waals surface area contributed by atoms with Crippen LogP contribution < -0.4 is 11.5 Å². The highest BCUT2D eigenvalue weighted by Crippen LogP contribution is 2.35. The van der Waals surface area contributed by atoms with Crippen LogP contribution in [0.5, 0.6) is 0 Å². The first kappa shape index (κ1) is 16.2. The zero-order valence-corrected chi connectivity index (χ0v) is 16.0. The summed E-state index contributed by atoms with van der Waals surface area (Å²) >= 11 is 4.23. The molecule has 2 heterocycles. The van der Waals surface area contributed by atoms with Crippen LogP contribution in [0.1, 0.15) is 10.4 Å². The van der Waals surface area contributed by atoms with Gasteiger partial charge in [0.2, 0.25) is 5.95 Å². The van der Waals surface area contributed by atoms with E-state index in [0.29, 0.717) is 26.2 Å². The third-order valence-electron chi connectivity index (χ3n) is 3.25. The highest BCUT2D eigenvalue weighted by atomic mass is 127. The van der Waals surface area contributed by atoms with Crippen molar-refractivity contribution < 1.29 is 4.79 Å². The van der Waals surface area contributed by atoms with E-state index in [2.05, 4.69) is 60.1 Å². The Morgan fingerprint density at radius 1 is 1.13 bits per heavy atom. The van der Waals surface area contributed by atoms with E-state index >= 15 is 0 Å². The summed E-state index contributed by atoms with van der Waals surface area (Å²) in [6.07, 6.45) is 1.64. The van der Waals surface area contributed by atoms with Crippen molar-refractivity contribution in [3.8, 4) is 22.6 Å². The predicted octanol–water partition coefficient (Wildman–Crippen LogP) is 3.03. The average molecular weight is 531 g/mol. The number of nitrogen functional groups attached to an aromatic ring is 1. The number of halogens is 2. The zero-order chi connectivity index (χ0) is 16.6. The van der Waals surface area contributed by atoms with Gasteiger partial charge in [-0.15, -0.1) is 0 Å². The fraction of sp³-hybridized carbons (Fsp3) is 0. The second kappa shape index (κ2) is 6.43. The van der Waals surface area contributed by atoms with Crippen LogP contribution in [0.15, 0.2) is 36.5 Å². The molecule has 1 aromatic carbocycles. The van der Waals surface area contributed by atoms with Crippen LogP contribution in [-0.4, -0.2) is 20.9 Å². The van der Waals surface area contributed by atoms with Gasteiger partial charge in [0, 0.05) is 6.20 Å². The predicted molar refractivity (Wildman–Crippen MR) is 106 cm³/mol. The first-order chi connectivity index (χ1) is 11.0. The first-order valence-electron chi connectivity index (χ1n) is 6.54. The number of nitrogens with zero attached hydrogens (tertiary/aromatic N) is 2. The first-order valence-corrected chi connectivity index (χ1v) is 8.70. The van der Waals surface area contributed by atoms with Gasteiger partial charge in [-0.3, -0.25) is 4.79 Å². The maximum Gasteiger partial charge on any atom is 0.251 e. The number of benzene rings is 1. The van der Waals surface area contributed by atoms with Gasteiger partial charge < -0.3 is 16.5 Å². The van der Waals surface area contributed by atoms with E-state index in [0.717, 1.165) is 9.13 Å². The maximum absolute atomic E-state index is 12.0. The Balaban J connectivity index is 2.28. The lowest BCUT2D eigenvalue weighted by Gasteiger charge is -2.03. The molecule has 0 saturated carbocycles. The Morgan fingerprint density at radius 2 is 1.83 bits per heavy atom. The summed E-state index contributed by atoms with van der Waals surface area (Å²) in [5.41, 5.74) is 14.6. The molecule has 3 aromatic rings. The monoisotopic (exact) mass is 531 g/mol. The fourth-order valence-electron chi connectivity index (χ4n) is 2.25. The quantitative estimate of drug-likeness (QED) is 0.452. The maximum atomic E-state index is 12.0. The summed E-state index contributed by atoms with van der Waals surface area (Å²) in [4.78, 5) is 23.5. The zero-order valence-electron chi connectivity index (χ0n) is 11.7. The van der Waals surface area contributed by atoms with E-state index in [9.17, 15) is 4.79 Å². The third-order valence-corrected chi connectivity index (χ3v) is 5.12. The lowest BCUT2D eigenvalue weighted by molar-refractivity contribution is 0.100. The number of aromatic nitrogens is 3. The van der Waals surface area contributed by atoms with Crippen molar-refractivity contribution >= 4 is 57.0 Å². The second-order valence-electron chi connectivity index (χ2n) is 4.72. The SMILES string of the molecule is NC(=O)c1c(-c2ccccc2)[nH]c(-c2nc(N)ncc2I)c1I. The smallest absolute Gasteiger partial charge is 0.251 e. The minimum atomic E-state index is -0.493. The second-order valence-corrected chi connectivity index (χ2v) is 6.96. The molecule has 0 aliphatic carbocycles. The Kier molecular flexibility index (Phi) is 4.53. The van der Waals surface area contributed by atoms with Gasteiger partial charge in [0.1, 0.15) is 5.69 Å². The van der Waals surface area contributed by atoms with Gasteiger partial charge in [-0.05, 0) is 50.7 Å². The summed E-state index contributed by atoms with van der Waals surface area (Å²) in [5, 5.41) is 0. The van der Waals surface area contributed by atoms with E-state index in [1.807, 2.05) is 30.3 Å². The largest absolute Gasteiger partial charge is 0.368 e. The van der Waals surface area contributed by atoms with E-state index in [1.54, 1.807) is 6.20 Å². The Labute approximate surface area is 159 Å². The number of hydrogen-bond acceptors (Lipinski definition) is 4. The summed E-state index contributed by atoms with van der Waals surface area (Å²) in [7, 11) is 0. The van der Waals surface area contributed by atoms with Crippen molar-refractivity contribution in [2.45, 2.75) is 0 Å². The number of hydrogen-bond donors (Lipinski definition) is 3. The molecule has 0 unspecified atom stereocenters. The molecular weight excluding hydrogens is 520 g/mol. The van der Waals surface area contributed by atoms with Crippen LogP contribution in [0.4, 0.5) is 5.95 Å². The lowest BCUT2D eigenvalue weighted by atomic mass is 10.1. The average Bonchev–Trinajstić information content (AvgIpc) is 2.88. The molecule has 3 rings (SSSR count). The number of nitrogens with two attached hydrogens (primary N) is 2. The van der Waals surface area contributed by atoms with Crippen LogP contribution >= 0.6 is 45.2 Å². The molecule has 0 radical (unpaired) electrons. The lowest BCUT2D eigenvalue weighted by Crippen LogP contribution is -2.12. The molecule has 6 nitrogen and oxygen atoms in total. The molecule has 116 valence electrons. The van der Waals surface area contributed by atoms with Crippen molar-refractivity contribution in [1.29, 1.82) is 0 Å². The normalized spacial score (nSPS) is 10.7. The molecule has 0 atom stereocenters. The van der Waals surface area contributed by atoms with Crippen LogP contribution in [-0.2, 0) is 0 Å². The number of amides is 1. The van der Waals surface area contributed by atoms with Crippen molar-refractivity contribution in [2.75, 3.05) is 5.73 Å². The van der Waals surface area contributed by atoms with Crippen LogP contribution in [0.3, 0.4) is 0 Å². The van der Waals surface area contributed by atoms with E-state index in [-0.39, 0.29) is 5.95 Å². The topological polar surface area (TPSA) is 111 Å². The summed E-state index contributed by atoms with van der Waals surface area (Å²) in [5.74, 6) is -0.319. The molecule has 0 saturated heterocycles. The van der Waals surface area contributed by atoms with E-state index < -0.39 is 5.91 Å². The molecular formula is C15H11I2N5O. The van der Waals surface area contributed by atoms with Crippen molar-refractivity contribution in [3.63, 3.8) is 0 Å². The summed E-state index contributed by atoms with van der Waals surface area (Å²) in [6.45, 7) is 0.